The summed E-state index contributed by atoms with van der Waals surface area (Å²) in [6, 6.07) is 1.88. The summed E-state index contributed by atoms with van der Waals surface area (Å²) in [5.41, 5.74) is 3.47. The Bertz CT molecular complexity index is 1150. The third kappa shape index (κ3) is 4.78. The first-order valence-electron chi connectivity index (χ1n) is 14.2. The summed E-state index contributed by atoms with van der Waals surface area (Å²) in [6.45, 7) is 5.07. The Balaban J connectivity index is 1.19. The number of hydrogen-bond acceptors (Lipinski definition) is 7. The van der Waals surface area contributed by atoms with Gasteiger partial charge in [-0.1, -0.05) is 19.8 Å². The normalized spacial score (nSPS) is 22.1. The zero-order chi connectivity index (χ0) is 25.4. The number of fused-ring (bicyclic) bond motifs is 1. The SMILES string of the molecule is CCC(=O)N1CCN(C(=O)[C@@H]2CCCN2c2nc3c(c(Nc4cc(C5CCCC5)[nH]n4)n2)CCC3)CC1. The Morgan fingerprint density at radius 1 is 0.973 bits per heavy atom. The first-order chi connectivity index (χ1) is 18.1. The number of aromatic nitrogens is 4. The second kappa shape index (κ2) is 10.3. The summed E-state index contributed by atoms with van der Waals surface area (Å²) in [5, 5.41) is 11.3. The molecule has 0 radical (unpaired) electrons. The largest absolute Gasteiger partial charge is 0.339 e. The zero-order valence-electron chi connectivity index (χ0n) is 21.8. The fourth-order valence-corrected chi connectivity index (χ4v) is 6.49. The van der Waals surface area contributed by atoms with Crippen LogP contribution in [0.1, 0.15) is 81.2 Å². The molecule has 2 aromatic heterocycles. The van der Waals surface area contributed by atoms with Crippen LogP contribution in [0.25, 0.3) is 0 Å². The molecule has 198 valence electrons. The number of H-pyrrole nitrogens is 1. The summed E-state index contributed by atoms with van der Waals surface area (Å²) in [6.07, 6.45) is 10.3. The molecule has 37 heavy (non-hydrogen) atoms. The van der Waals surface area contributed by atoms with E-state index in [9.17, 15) is 9.59 Å². The van der Waals surface area contributed by atoms with E-state index >= 15 is 0 Å². The van der Waals surface area contributed by atoms with Gasteiger partial charge >= 0.3 is 0 Å². The molecule has 4 aliphatic rings. The van der Waals surface area contributed by atoms with Crippen molar-refractivity contribution in [3.05, 3.63) is 23.0 Å². The molecule has 0 spiro atoms. The van der Waals surface area contributed by atoms with Crippen LogP contribution < -0.4 is 10.2 Å². The number of aryl methyl sites for hydroxylation is 1. The standard InChI is InChI=1S/C27H38N8O2/c1-2-24(36)33-13-15-34(16-14-33)26(37)22-11-6-12-35(22)27-28-20-10-5-9-19(20)25(30-27)29-23-17-21(31-32-23)18-7-3-4-8-18/h17-18,22H,2-16H2,1H3,(H2,28,29,30,31,32)/t22-/m0/s1. The maximum absolute atomic E-state index is 13.6. The van der Waals surface area contributed by atoms with Crippen molar-refractivity contribution < 1.29 is 9.59 Å². The van der Waals surface area contributed by atoms with Crippen molar-refractivity contribution in [3.63, 3.8) is 0 Å². The lowest BCUT2D eigenvalue weighted by Crippen LogP contribution is -2.55. The Morgan fingerprint density at radius 3 is 2.54 bits per heavy atom. The average Bonchev–Trinajstić information content (AvgIpc) is 3.74. The number of carbonyl (C=O) groups is 2. The zero-order valence-corrected chi connectivity index (χ0v) is 21.8. The maximum Gasteiger partial charge on any atom is 0.245 e. The average molecular weight is 507 g/mol. The fraction of sp³-hybridized carbons (Fsp3) is 0.667. The van der Waals surface area contributed by atoms with Crippen LogP contribution in [-0.4, -0.2) is 80.5 Å². The van der Waals surface area contributed by atoms with Gasteiger partial charge in [0.25, 0.3) is 0 Å². The molecule has 2 saturated heterocycles. The van der Waals surface area contributed by atoms with Crippen LogP contribution >= 0.6 is 0 Å². The summed E-state index contributed by atoms with van der Waals surface area (Å²) in [7, 11) is 0. The summed E-state index contributed by atoms with van der Waals surface area (Å²) in [4.78, 5) is 41.4. The highest BCUT2D eigenvalue weighted by atomic mass is 16.2. The number of nitrogens with one attached hydrogen (secondary N) is 2. The molecule has 4 heterocycles. The molecule has 0 bridgehead atoms. The van der Waals surface area contributed by atoms with Crippen molar-refractivity contribution in [1.82, 2.24) is 30.0 Å². The molecule has 2 N–H and O–H groups in total. The van der Waals surface area contributed by atoms with Gasteiger partial charge in [-0.15, -0.1) is 0 Å². The number of carbonyl (C=O) groups excluding carboxylic acids is 2. The first kappa shape index (κ1) is 24.2. The van der Waals surface area contributed by atoms with E-state index in [1.807, 2.05) is 16.7 Å². The lowest BCUT2D eigenvalue weighted by atomic mass is 10.0. The quantitative estimate of drug-likeness (QED) is 0.619. The van der Waals surface area contributed by atoms with E-state index in [0.29, 0.717) is 44.5 Å². The highest BCUT2D eigenvalue weighted by Gasteiger charge is 2.37. The number of amides is 2. The molecule has 2 aliphatic carbocycles. The second-order valence-electron chi connectivity index (χ2n) is 10.9. The Morgan fingerprint density at radius 2 is 1.76 bits per heavy atom. The third-order valence-electron chi connectivity index (χ3n) is 8.60. The van der Waals surface area contributed by atoms with Crippen molar-refractivity contribution in [2.75, 3.05) is 42.9 Å². The van der Waals surface area contributed by atoms with Gasteiger partial charge in [0.05, 0.1) is 5.69 Å². The van der Waals surface area contributed by atoms with Crippen molar-refractivity contribution in [2.24, 2.45) is 0 Å². The monoisotopic (exact) mass is 506 g/mol. The Kier molecular flexibility index (Phi) is 6.73. The van der Waals surface area contributed by atoms with E-state index < -0.39 is 0 Å². The van der Waals surface area contributed by atoms with E-state index in [1.165, 1.54) is 36.9 Å². The van der Waals surface area contributed by atoms with Crippen LogP contribution in [0.15, 0.2) is 6.07 Å². The van der Waals surface area contributed by atoms with Gasteiger partial charge in [0.15, 0.2) is 5.82 Å². The van der Waals surface area contributed by atoms with Gasteiger partial charge in [-0.25, -0.2) is 4.98 Å². The van der Waals surface area contributed by atoms with Crippen LogP contribution in [0.4, 0.5) is 17.6 Å². The van der Waals surface area contributed by atoms with Gasteiger partial charge in [0.1, 0.15) is 11.9 Å². The molecule has 1 saturated carbocycles. The topological polar surface area (TPSA) is 110 Å². The number of nitrogens with zero attached hydrogens (tertiary/aromatic N) is 6. The van der Waals surface area contributed by atoms with Crippen LogP contribution in [0.2, 0.25) is 0 Å². The highest BCUT2D eigenvalue weighted by molar-refractivity contribution is 5.86. The molecule has 2 amide bonds. The van der Waals surface area contributed by atoms with Crippen molar-refractivity contribution in [2.45, 2.75) is 83.1 Å². The van der Waals surface area contributed by atoms with Gasteiger partial charge in [0, 0.05) is 62.4 Å². The smallest absolute Gasteiger partial charge is 0.245 e. The molecule has 2 aromatic rings. The molecule has 1 atom stereocenters. The minimum atomic E-state index is -0.250. The summed E-state index contributed by atoms with van der Waals surface area (Å²) in [5.74, 6) is 3.14. The number of rotatable bonds is 6. The van der Waals surface area contributed by atoms with Crippen molar-refractivity contribution in [1.29, 1.82) is 0 Å². The van der Waals surface area contributed by atoms with Crippen LogP contribution in [0.5, 0.6) is 0 Å². The van der Waals surface area contributed by atoms with Crippen LogP contribution in [0.3, 0.4) is 0 Å². The van der Waals surface area contributed by atoms with Gasteiger partial charge in [-0.2, -0.15) is 10.1 Å². The molecule has 6 rings (SSSR count). The lowest BCUT2D eigenvalue weighted by molar-refractivity contribution is -0.140. The summed E-state index contributed by atoms with van der Waals surface area (Å²) >= 11 is 0. The minimum absolute atomic E-state index is 0.133. The summed E-state index contributed by atoms with van der Waals surface area (Å²) < 4.78 is 0. The molecule has 2 aliphatic heterocycles. The van der Waals surface area contributed by atoms with E-state index in [2.05, 4.69) is 26.5 Å². The van der Waals surface area contributed by atoms with Gasteiger partial charge in [0.2, 0.25) is 17.8 Å². The van der Waals surface area contributed by atoms with Crippen molar-refractivity contribution in [3.8, 4) is 0 Å². The van der Waals surface area contributed by atoms with Gasteiger partial charge in [-0.05, 0) is 44.9 Å². The molecule has 0 aromatic carbocycles. The number of hydrogen-bond donors (Lipinski definition) is 2. The van der Waals surface area contributed by atoms with E-state index in [0.717, 1.165) is 56.0 Å². The van der Waals surface area contributed by atoms with Crippen LogP contribution in [-0.2, 0) is 22.4 Å². The van der Waals surface area contributed by atoms with Gasteiger partial charge in [-0.3, -0.25) is 14.7 Å². The molecule has 0 unspecified atom stereocenters. The number of aromatic amines is 1. The molecular weight excluding hydrogens is 468 g/mol. The Hall–Kier alpha value is -3.17. The van der Waals surface area contributed by atoms with Gasteiger partial charge < -0.3 is 20.0 Å². The molecule has 10 nitrogen and oxygen atoms in total. The lowest BCUT2D eigenvalue weighted by Gasteiger charge is -2.37. The van der Waals surface area contributed by atoms with Crippen LogP contribution in [0, 0.1) is 0 Å². The minimum Gasteiger partial charge on any atom is -0.339 e. The molecular formula is C27H38N8O2. The van der Waals surface area contributed by atoms with E-state index in [1.54, 1.807) is 0 Å². The predicted molar refractivity (Wildman–Crippen MR) is 141 cm³/mol. The van der Waals surface area contributed by atoms with E-state index in [-0.39, 0.29) is 17.9 Å². The number of piperazine rings is 1. The predicted octanol–water partition coefficient (Wildman–Crippen LogP) is 3.14. The molecule has 3 fully saturated rings. The second-order valence-corrected chi connectivity index (χ2v) is 10.9. The maximum atomic E-state index is 13.6. The third-order valence-corrected chi connectivity index (χ3v) is 8.60. The van der Waals surface area contributed by atoms with Crippen molar-refractivity contribution >= 4 is 29.4 Å². The first-order valence-corrected chi connectivity index (χ1v) is 14.2. The number of anilines is 3. The van der Waals surface area contributed by atoms with E-state index in [4.69, 9.17) is 9.97 Å². The fourth-order valence-electron chi connectivity index (χ4n) is 6.49. The Labute approximate surface area is 218 Å². The molecule has 10 heteroatoms. The highest BCUT2D eigenvalue weighted by Crippen LogP contribution is 2.36.